The van der Waals surface area contributed by atoms with Gasteiger partial charge >= 0.3 is 0 Å². The van der Waals surface area contributed by atoms with Crippen molar-refractivity contribution in [3.63, 3.8) is 0 Å². The number of hydrogen-bond donors (Lipinski definition) is 3. The summed E-state index contributed by atoms with van der Waals surface area (Å²) in [4.78, 5) is 11.8. The molecule has 0 radical (unpaired) electrons. The van der Waals surface area contributed by atoms with Crippen LogP contribution in [0.15, 0.2) is 18.6 Å². The number of aromatic amines is 1. The molecule has 2 aromatic rings. The molecule has 2 aromatic heterocycles. The van der Waals surface area contributed by atoms with Crippen LogP contribution in [0.5, 0.6) is 0 Å². The highest BCUT2D eigenvalue weighted by Gasteiger charge is 2.38. The van der Waals surface area contributed by atoms with Crippen molar-refractivity contribution in [2.75, 3.05) is 25.0 Å². The Kier molecular flexibility index (Phi) is 5.18. The van der Waals surface area contributed by atoms with Crippen molar-refractivity contribution in [1.82, 2.24) is 20.3 Å². The van der Waals surface area contributed by atoms with Crippen LogP contribution in [0, 0.1) is 5.92 Å². The van der Waals surface area contributed by atoms with Gasteiger partial charge in [-0.05, 0) is 36.5 Å². The number of fused-ring (bicyclic) bond motifs is 1. The molecule has 2 atom stereocenters. The lowest BCUT2D eigenvalue weighted by atomic mass is 9.96. The summed E-state index contributed by atoms with van der Waals surface area (Å²) in [7, 11) is -1.69. The molecule has 1 fully saturated rings. The van der Waals surface area contributed by atoms with Gasteiger partial charge in [0.2, 0.25) is 0 Å². The molecule has 1 aliphatic rings. The predicted molar refractivity (Wildman–Crippen MR) is 105 cm³/mol. The number of piperidine rings is 1. The van der Waals surface area contributed by atoms with Gasteiger partial charge in [-0.1, -0.05) is 20.8 Å². The lowest BCUT2D eigenvalue weighted by Crippen LogP contribution is -2.47. The first-order valence-corrected chi connectivity index (χ1v) is 12.1. The second kappa shape index (κ2) is 7.05. The van der Waals surface area contributed by atoms with Crippen LogP contribution in [-0.2, 0) is 4.43 Å². The van der Waals surface area contributed by atoms with Gasteiger partial charge in [-0.25, -0.2) is 9.97 Å². The van der Waals surface area contributed by atoms with E-state index in [0.29, 0.717) is 12.0 Å². The van der Waals surface area contributed by atoms with Crippen LogP contribution in [-0.4, -0.2) is 49.0 Å². The molecule has 3 heterocycles. The first kappa shape index (κ1) is 18.4. The van der Waals surface area contributed by atoms with Gasteiger partial charge in [0, 0.05) is 31.9 Å². The molecule has 0 unspecified atom stereocenters. The molecule has 0 aliphatic carbocycles. The molecule has 0 saturated carbocycles. The van der Waals surface area contributed by atoms with Crippen molar-refractivity contribution in [3.05, 3.63) is 18.6 Å². The fraction of sp³-hybridized carbons (Fsp3) is 0.667. The van der Waals surface area contributed by atoms with Gasteiger partial charge in [-0.3, -0.25) is 0 Å². The van der Waals surface area contributed by atoms with Crippen LogP contribution in [0.4, 0.5) is 5.82 Å². The maximum Gasteiger partial charge on any atom is 0.191 e. The van der Waals surface area contributed by atoms with E-state index in [4.69, 9.17) is 4.43 Å². The zero-order valence-electron chi connectivity index (χ0n) is 16.0. The van der Waals surface area contributed by atoms with Crippen LogP contribution in [0.3, 0.4) is 0 Å². The second-order valence-corrected chi connectivity index (χ2v) is 13.4. The van der Waals surface area contributed by atoms with Crippen molar-refractivity contribution in [3.8, 4) is 0 Å². The summed E-state index contributed by atoms with van der Waals surface area (Å²) in [5.74, 6) is 1.44. The zero-order valence-corrected chi connectivity index (χ0v) is 17.0. The highest BCUT2D eigenvalue weighted by atomic mass is 28.4. The number of anilines is 1. The SMILES string of the molecule is CC(C)(C)[Si](C)(C)OC[C@@H]1CNC[C@H](Nc2ncnc3[nH]ccc23)C1. The van der Waals surface area contributed by atoms with E-state index in [2.05, 4.69) is 59.5 Å². The minimum absolute atomic E-state index is 0.258. The zero-order chi connectivity index (χ0) is 18.1. The molecule has 0 aromatic carbocycles. The largest absolute Gasteiger partial charge is 0.416 e. The van der Waals surface area contributed by atoms with Gasteiger partial charge < -0.3 is 20.0 Å². The normalized spacial score (nSPS) is 22.3. The van der Waals surface area contributed by atoms with E-state index in [1.807, 2.05) is 12.3 Å². The van der Waals surface area contributed by atoms with Gasteiger partial charge in [0.1, 0.15) is 17.8 Å². The van der Waals surface area contributed by atoms with Crippen LogP contribution in [0.1, 0.15) is 27.2 Å². The molecular weight excluding hydrogens is 330 g/mol. The summed E-state index contributed by atoms with van der Waals surface area (Å²) in [5.41, 5.74) is 0.874. The van der Waals surface area contributed by atoms with E-state index in [-0.39, 0.29) is 5.04 Å². The van der Waals surface area contributed by atoms with Gasteiger partial charge in [0.15, 0.2) is 8.32 Å². The number of nitrogens with one attached hydrogen (secondary N) is 3. The third-order valence-electron chi connectivity index (χ3n) is 5.62. The third-order valence-corrected chi connectivity index (χ3v) is 10.1. The Bertz CT molecular complexity index is 709. The maximum absolute atomic E-state index is 6.43. The summed E-state index contributed by atoms with van der Waals surface area (Å²) < 4.78 is 6.43. The molecule has 7 heteroatoms. The van der Waals surface area contributed by atoms with Crippen LogP contribution < -0.4 is 10.6 Å². The van der Waals surface area contributed by atoms with Crippen LogP contribution >= 0.6 is 0 Å². The van der Waals surface area contributed by atoms with Gasteiger partial charge in [0.25, 0.3) is 0 Å². The van der Waals surface area contributed by atoms with Crippen molar-refractivity contribution in [2.24, 2.45) is 5.92 Å². The van der Waals surface area contributed by atoms with Crippen molar-refractivity contribution >= 4 is 25.2 Å². The molecule has 1 saturated heterocycles. The molecule has 0 bridgehead atoms. The summed E-state index contributed by atoms with van der Waals surface area (Å²) in [5, 5.41) is 8.43. The highest BCUT2D eigenvalue weighted by Crippen LogP contribution is 2.37. The summed E-state index contributed by atoms with van der Waals surface area (Å²) in [6, 6.07) is 2.38. The quantitative estimate of drug-likeness (QED) is 0.712. The fourth-order valence-electron chi connectivity index (χ4n) is 2.99. The average Bonchev–Trinajstić information content (AvgIpc) is 3.02. The van der Waals surface area contributed by atoms with Crippen molar-refractivity contribution in [2.45, 2.75) is 51.4 Å². The molecule has 3 rings (SSSR count). The number of rotatable bonds is 5. The Balaban J connectivity index is 1.59. The smallest absolute Gasteiger partial charge is 0.191 e. The van der Waals surface area contributed by atoms with Crippen LogP contribution in [0.2, 0.25) is 18.1 Å². The van der Waals surface area contributed by atoms with E-state index in [1.54, 1.807) is 6.33 Å². The van der Waals surface area contributed by atoms with Gasteiger partial charge in [-0.15, -0.1) is 0 Å². The molecule has 1 aliphatic heterocycles. The van der Waals surface area contributed by atoms with E-state index in [0.717, 1.165) is 43.0 Å². The average molecular weight is 362 g/mol. The Labute approximate surface area is 151 Å². The topological polar surface area (TPSA) is 74.9 Å². The Morgan fingerprint density at radius 2 is 2.08 bits per heavy atom. The van der Waals surface area contributed by atoms with Crippen LogP contribution in [0.25, 0.3) is 11.0 Å². The lowest BCUT2D eigenvalue weighted by molar-refractivity contribution is 0.196. The predicted octanol–water partition coefficient (Wildman–Crippen LogP) is 3.37. The Morgan fingerprint density at radius 1 is 1.28 bits per heavy atom. The van der Waals surface area contributed by atoms with Crippen molar-refractivity contribution in [1.29, 1.82) is 0 Å². The number of hydrogen-bond acceptors (Lipinski definition) is 5. The lowest BCUT2D eigenvalue weighted by Gasteiger charge is -2.39. The number of nitrogens with zero attached hydrogens (tertiary/aromatic N) is 2. The van der Waals surface area contributed by atoms with E-state index in [9.17, 15) is 0 Å². The van der Waals surface area contributed by atoms with E-state index >= 15 is 0 Å². The van der Waals surface area contributed by atoms with Gasteiger partial charge in [-0.2, -0.15) is 0 Å². The number of aromatic nitrogens is 3. The summed E-state index contributed by atoms with van der Waals surface area (Å²) in [6.45, 7) is 14.3. The minimum atomic E-state index is -1.69. The molecule has 6 nitrogen and oxygen atoms in total. The first-order chi connectivity index (χ1) is 11.8. The van der Waals surface area contributed by atoms with E-state index in [1.165, 1.54) is 0 Å². The van der Waals surface area contributed by atoms with Gasteiger partial charge in [0.05, 0.1) is 5.39 Å². The molecule has 0 spiro atoms. The highest BCUT2D eigenvalue weighted by molar-refractivity contribution is 6.74. The monoisotopic (exact) mass is 361 g/mol. The summed E-state index contributed by atoms with van der Waals surface area (Å²) >= 11 is 0. The minimum Gasteiger partial charge on any atom is -0.416 e. The molecule has 138 valence electrons. The first-order valence-electron chi connectivity index (χ1n) is 9.15. The van der Waals surface area contributed by atoms with E-state index < -0.39 is 8.32 Å². The Hall–Kier alpha value is -1.44. The molecule has 25 heavy (non-hydrogen) atoms. The van der Waals surface area contributed by atoms with Crippen molar-refractivity contribution < 1.29 is 4.43 Å². The standard InChI is InChI=1S/C18H31N5OSi/c1-18(2,3)25(4,5)24-11-13-8-14(10-19-9-13)23-17-15-6-7-20-16(15)21-12-22-17/h6-7,12-14,19H,8-11H2,1-5H3,(H2,20,21,22,23)/t13-,14+/m0/s1. The molecule has 3 N–H and O–H groups in total. The summed E-state index contributed by atoms with van der Waals surface area (Å²) in [6.07, 6.45) is 4.60. The molecule has 0 amide bonds. The fourth-order valence-corrected chi connectivity index (χ4v) is 4.08. The maximum atomic E-state index is 6.43. The molecular formula is C18H31N5OSi. The third kappa shape index (κ3) is 4.21. The second-order valence-electron chi connectivity index (χ2n) is 8.63. The Morgan fingerprint density at radius 3 is 2.84 bits per heavy atom. The number of H-pyrrole nitrogens is 1.